The van der Waals surface area contributed by atoms with Crippen LogP contribution in [0.4, 0.5) is 0 Å². The molecular weight excluding hydrogens is 344 g/mol. The van der Waals surface area contributed by atoms with Crippen molar-refractivity contribution in [2.24, 2.45) is 0 Å². The Bertz CT molecular complexity index is 849. The maximum Gasteiger partial charge on any atom is 0.255 e. The number of piperazine rings is 1. The largest absolute Gasteiger partial charge is 0.352 e. The van der Waals surface area contributed by atoms with Crippen molar-refractivity contribution in [1.29, 1.82) is 0 Å². The van der Waals surface area contributed by atoms with Crippen molar-refractivity contribution in [3.8, 4) is 0 Å². The van der Waals surface area contributed by atoms with Crippen molar-refractivity contribution in [3.05, 3.63) is 24.0 Å². The molecule has 1 aliphatic carbocycles. The molecule has 0 aromatic carbocycles. The molecule has 0 spiro atoms. The number of aromatic nitrogens is 3. The number of carbonyl (C=O) groups is 2. The van der Waals surface area contributed by atoms with Crippen molar-refractivity contribution in [2.45, 2.75) is 38.8 Å². The van der Waals surface area contributed by atoms with Gasteiger partial charge < -0.3 is 10.2 Å². The minimum Gasteiger partial charge on any atom is -0.352 e. The third kappa shape index (κ3) is 3.95. The summed E-state index contributed by atoms with van der Waals surface area (Å²) in [4.78, 5) is 33.2. The quantitative estimate of drug-likeness (QED) is 0.851. The third-order valence-corrected chi connectivity index (χ3v) is 5.14. The average molecular weight is 370 g/mol. The number of nitrogens with zero attached hydrogens (tertiary/aromatic N) is 5. The molecule has 2 aromatic rings. The zero-order valence-corrected chi connectivity index (χ0v) is 15.9. The summed E-state index contributed by atoms with van der Waals surface area (Å²) in [5.74, 6) is 0.0814. The number of pyridine rings is 1. The van der Waals surface area contributed by atoms with E-state index in [4.69, 9.17) is 0 Å². The summed E-state index contributed by atoms with van der Waals surface area (Å²) in [5, 5.41) is 8.24. The van der Waals surface area contributed by atoms with Gasteiger partial charge in [0.05, 0.1) is 18.3 Å². The lowest BCUT2D eigenvalue weighted by Gasteiger charge is -2.34. The molecule has 0 radical (unpaired) electrons. The van der Waals surface area contributed by atoms with Crippen LogP contribution in [0.15, 0.2) is 18.5 Å². The van der Waals surface area contributed by atoms with Crippen LogP contribution in [-0.4, -0.2) is 75.1 Å². The SMILES string of the molecule is CC(C)n1ncc2cc(C(=O)N3CCN(CC(=O)NC4CC4)CC3)cnc21. The number of hydrogen-bond donors (Lipinski definition) is 1. The molecule has 8 heteroatoms. The second-order valence-corrected chi connectivity index (χ2v) is 7.73. The van der Waals surface area contributed by atoms with Gasteiger partial charge in [-0.3, -0.25) is 14.5 Å². The summed E-state index contributed by atoms with van der Waals surface area (Å²) in [7, 11) is 0. The fourth-order valence-corrected chi connectivity index (χ4v) is 3.43. The van der Waals surface area contributed by atoms with E-state index in [0.717, 1.165) is 23.9 Å². The Labute approximate surface area is 158 Å². The van der Waals surface area contributed by atoms with Crippen LogP contribution >= 0.6 is 0 Å². The second kappa shape index (κ2) is 7.26. The van der Waals surface area contributed by atoms with E-state index in [2.05, 4.69) is 34.1 Å². The predicted molar refractivity (Wildman–Crippen MR) is 101 cm³/mol. The molecule has 27 heavy (non-hydrogen) atoms. The lowest BCUT2D eigenvalue weighted by molar-refractivity contribution is -0.122. The van der Waals surface area contributed by atoms with Gasteiger partial charge in [0.1, 0.15) is 0 Å². The van der Waals surface area contributed by atoms with E-state index in [1.54, 1.807) is 12.4 Å². The Morgan fingerprint density at radius 1 is 1.19 bits per heavy atom. The minimum atomic E-state index is -0.0104. The van der Waals surface area contributed by atoms with Crippen LogP contribution in [0.3, 0.4) is 0 Å². The highest BCUT2D eigenvalue weighted by Crippen LogP contribution is 2.19. The van der Waals surface area contributed by atoms with Gasteiger partial charge in [-0.15, -0.1) is 0 Å². The molecule has 1 saturated heterocycles. The van der Waals surface area contributed by atoms with Crippen molar-refractivity contribution >= 4 is 22.8 Å². The number of carbonyl (C=O) groups excluding carboxylic acids is 2. The highest BCUT2D eigenvalue weighted by Gasteiger charge is 2.27. The van der Waals surface area contributed by atoms with Crippen LogP contribution in [0.5, 0.6) is 0 Å². The van der Waals surface area contributed by atoms with E-state index in [-0.39, 0.29) is 17.9 Å². The summed E-state index contributed by atoms with van der Waals surface area (Å²) >= 11 is 0. The van der Waals surface area contributed by atoms with E-state index in [9.17, 15) is 9.59 Å². The molecule has 3 heterocycles. The molecule has 1 N–H and O–H groups in total. The number of hydrogen-bond acceptors (Lipinski definition) is 5. The van der Waals surface area contributed by atoms with E-state index in [1.165, 1.54) is 0 Å². The standard InChI is InChI=1S/C19H26N6O2/c1-13(2)25-18-14(11-21-25)9-15(10-20-18)19(27)24-7-5-23(6-8-24)12-17(26)22-16-3-4-16/h9-11,13,16H,3-8,12H2,1-2H3,(H,22,26). The lowest BCUT2D eigenvalue weighted by Crippen LogP contribution is -2.51. The average Bonchev–Trinajstić information content (AvgIpc) is 3.35. The van der Waals surface area contributed by atoms with Crippen LogP contribution < -0.4 is 5.32 Å². The first kappa shape index (κ1) is 17.9. The molecular formula is C19H26N6O2. The molecule has 0 atom stereocenters. The first-order valence-corrected chi connectivity index (χ1v) is 9.65. The number of amides is 2. The molecule has 144 valence electrons. The smallest absolute Gasteiger partial charge is 0.255 e. The zero-order valence-electron chi connectivity index (χ0n) is 15.9. The van der Waals surface area contributed by atoms with Crippen molar-refractivity contribution in [2.75, 3.05) is 32.7 Å². The second-order valence-electron chi connectivity index (χ2n) is 7.73. The topological polar surface area (TPSA) is 83.4 Å². The third-order valence-electron chi connectivity index (χ3n) is 5.14. The summed E-state index contributed by atoms with van der Waals surface area (Å²) in [6.07, 6.45) is 5.60. The van der Waals surface area contributed by atoms with E-state index in [0.29, 0.717) is 44.3 Å². The number of rotatable bonds is 5. The Balaban J connectivity index is 1.36. The molecule has 0 unspecified atom stereocenters. The molecule has 4 rings (SSSR count). The Hall–Kier alpha value is -2.48. The molecule has 0 bridgehead atoms. The summed E-state index contributed by atoms with van der Waals surface area (Å²) < 4.78 is 1.86. The van der Waals surface area contributed by atoms with E-state index >= 15 is 0 Å². The van der Waals surface area contributed by atoms with Gasteiger partial charge in [0.25, 0.3) is 5.91 Å². The highest BCUT2D eigenvalue weighted by atomic mass is 16.2. The fraction of sp³-hybridized carbons (Fsp3) is 0.579. The Kier molecular flexibility index (Phi) is 4.82. The Morgan fingerprint density at radius 3 is 2.59 bits per heavy atom. The highest BCUT2D eigenvalue weighted by molar-refractivity contribution is 5.97. The first-order valence-electron chi connectivity index (χ1n) is 9.65. The van der Waals surface area contributed by atoms with Gasteiger partial charge >= 0.3 is 0 Å². The Morgan fingerprint density at radius 2 is 1.93 bits per heavy atom. The van der Waals surface area contributed by atoms with Gasteiger partial charge in [0.2, 0.25) is 5.91 Å². The van der Waals surface area contributed by atoms with E-state index < -0.39 is 0 Å². The van der Waals surface area contributed by atoms with Gasteiger partial charge in [0.15, 0.2) is 5.65 Å². The van der Waals surface area contributed by atoms with Crippen LogP contribution in [-0.2, 0) is 4.79 Å². The molecule has 1 saturated carbocycles. The monoisotopic (exact) mass is 370 g/mol. The van der Waals surface area contributed by atoms with Gasteiger partial charge in [-0.2, -0.15) is 5.10 Å². The van der Waals surface area contributed by atoms with Gasteiger partial charge in [-0.05, 0) is 32.8 Å². The van der Waals surface area contributed by atoms with E-state index in [1.807, 2.05) is 15.6 Å². The minimum absolute atomic E-state index is 0.0104. The molecule has 2 amide bonds. The summed E-state index contributed by atoms with van der Waals surface area (Å²) in [6.45, 7) is 7.20. The van der Waals surface area contributed by atoms with Crippen LogP contribution in [0.2, 0.25) is 0 Å². The normalized spacial score (nSPS) is 18.3. The first-order chi connectivity index (χ1) is 13.0. The van der Waals surface area contributed by atoms with Crippen LogP contribution in [0.25, 0.3) is 11.0 Å². The number of nitrogens with one attached hydrogen (secondary N) is 1. The van der Waals surface area contributed by atoms with Gasteiger partial charge in [-0.25, -0.2) is 9.67 Å². The summed E-state index contributed by atoms with van der Waals surface area (Å²) in [5.41, 5.74) is 1.39. The predicted octanol–water partition coefficient (Wildman–Crippen LogP) is 1.05. The summed E-state index contributed by atoms with van der Waals surface area (Å²) in [6, 6.07) is 2.48. The maximum absolute atomic E-state index is 12.8. The fourth-order valence-electron chi connectivity index (χ4n) is 3.43. The van der Waals surface area contributed by atoms with Crippen molar-refractivity contribution in [3.63, 3.8) is 0 Å². The molecule has 1 aliphatic heterocycles. The molecule has 2 aromatic heterocycles. The van der Waals surface area contributed by atoms with Crippen molar-refractivity contribution in [1.82, 2.24) is 29.9 Å². The molecule has 2 fully saturated rings. The maximum atomic E-state index is 12.8. The zero-order chi connectivity index (χ0) is 19.0. The molecule has 8 nitrogen and oxygen atoms in total. The van der Waals surface area contributed by atoms with Crippen LogP contribution in [0, 0.1) is 0 Å². The van der Waals surface area contributed by atoms with Gasteiger partial charge in [0, 0.05) is 49.8 Å². The number of fused-ring (bicyclic) bond motifs is 1. The van der Waals surface area contributed by atoms with Crippen molar-refractivity contribution < 1.29 is 9.59 Å². The van der Waals surface area contributed by atoms with Crippen LogP contribution in [0.1, 0.15) is 43.1 Å². The van der Waals surface area contributed by atoms with Gasteiger partial charge in [-0.1, -0.05) is 0 Å². The molecule has 2 aliphatic rings. The lowest BCUT2D eigenvalue weighted by atomic mass is 10.2.